The van der Waals surface area contributed by atoms with Gasteiger partial charge in [0.25, 0.3) is 0 Å². The number of benzene rings is 5. The van der Waals surface area contributed by atoms with Gasteiger partial charge in [-0.1, -0.05) is 115 Å². The number of nitrogens with zero attached hydrogens (tertiary/aromatic N) is 9. The lowest BCUT2D eigenvalue weighted by atomic mass is 9.97. The van der Waals surface area contributed by atoms with Crippen LogP contribution in [0.1, 0.15) is 80.3 Å². The van der Waals surface area contributed by atoms with Crippen LogP contribution < -0.4 is 37.2 Å². The van der Waals surface area contributed by atoms with Gasteiger partial charge in [0.2, 0.25) is 29.5 Å². The summed E-state index contributed by atoms with van der Waals surface area (Å²) in [5.74, 6) is 2.64. The zero-order chi connectivity index (χ0) is 86.5. The maximum Gasteiger partial charge on any atom is 0.409 e. The lowest BCUT2D eigenvalue weighted by molar-refractivity contribution is -0.189. The second-order valence-electron chi connectivity index (χ2n) is 28.9. The molecule has 2 fully saturated rings. The fourth-order valence-electron chi connectivity index (χ4n) is 13.1. The summed E-state index contributed by atoms with van der Waals surface area (Å²) >= 11 is 0.703. The first-order chi connectivity index (χ1) is 58.3. The first kappa shape index (κ1) is 92.2. The van der Waals surface area contributed by atoms with Gasteiger partial charge in [0.15, 0.2) is 0 Å². The van der Waals surface area contributed by atoms with Gasteiger partial charge in [-0.2, -0.15) is 0 Å². The molecule has 12 atom stereocenters. The van der Waals surface area contributed by atoms with E-state index in [2.05, 4.69) is 59.0 Å². The molecular formula is C82H101F2N15O21S. The molecule has 2 aromatic heterocycles. The number of halogens is 2. The van der Waals surface area contributed by atoms with Crippen LogP contribution in [0.25, 0.3) is 22.5 Å². The van der Waals surface area contributed by atoms with Crippen LogP contribution in [0.3, 0.4) is 0 Å². The number of amides is 9. The van der Waals surface area contributed by atoms with Gasteiger partial charge in [0.1, 0.15) is 108 Å². The monoisotopic (exact) mass is 1700 g/mol. The van der Waals surface area contributed by atoms with Gasteiger partial charge < -0.3 is 110 Å². The molecule has 5 heterocycles. The summed E-state index contributed by atoms with van der Waals surface area (Å²) in [5.41, 5.74) is 7.46. The summed E-state index contributed by atoms with van der Waals surface area (Å²) in [4.78, 5) is 109. The lowest BCUT2D eigenvalue weighted by Crippen LogP contribution is -2.58. The highest BCUT2D eigenvalue weighted by Crippen LogP contribution is 2.43. The number of carbonyl (C=O) groups excluding carboxylic acids is 8. The molecule has 36 nitrogen and oxygen atoms in total. The summed E-state index contributed by atoms with van der Waals surface area (Å²) in [5, 5.41) is 87.5. The van der Waals surface area contributed by atoms with Crippen LogP contribution in [0.2, 0.25) is 0 Å². The van der Waals surface area contributed by atoms with Crippen LogP contribution in [0.5, 0.6) is 0 Å². The van der Waals surface area contributed by atoms with E-state index in [9.17, 15) is 72.7 Å². The molecule has 650 valence electrons. The molecule has 0 spiro atoms. The van der Waals surface area contributed by atoms with Crippen LogP contribution in [0.4, 0.5) is 34.5 Å². The maximum atomic E-state index is 14.3. The largest absolute Gasteiger partial charge is 0.447 e. The molecule has 121 heavy (non-hydrogen) atoms. The Hall–Kier alpha value is -11.1. The number of hydrogen-bond donors (Lipinski definition) is 11. The number of hydrogen-bond acceptors (Lipinski definition) is 26. The lowest BCUT2D eigenvalue weighted by Gasteiger charge is -2.46. The van der Waals surface area contributed by atoms with E-state index in [0.29, 0.717) is 46.4 Å². The molecule has 0 bridgehead atoms. The highest BCUT2D eigenvalue weighted by atomic mass is 32.2. The molecule has 3 aliphatic rings. The van der Waals surface area contributed by atoms with Crippen molar-refractivity contribution in [1.82, 2.24) is 61.1 Å². The molecular weight excluding hydrogens is 1600 g/mol. The Labute approximate surface area is 700 Å². The molecule has 0 aliphatic carbocycles. The summed E-state index contributed by atoms with van der Waals surface area (Å²) in [6.45, 7) is 4.13. The third kappa shape index (κ3) is 26.9. The Kier molecular flexibility index (Phi) is 35.1. The van der Waals surface area contributed by atoms with Crippen molar-refractivity contribution in [2.45, 2.75) is 131 Å². The number of nitrogens with one attached hydrogen (secondary N) is 5. The van der Waals surface area contributed by atoms with Crippen molar-refractivity contribution >= 4 is 70.9 Å². The quantitative estimate of drug-likeness (QED) is 0.0192. The van der Waals surface area contributed by atoms with E-state index in [1.54, 1.807) is 55.1 Å². The number of aliphatic hydroxyl groups is 5. The molecule has 5 aromatic carbocycles. The normalized spacial score (nSPS) is 19.7. The maximum absolute atomic E-state index is 14.3. The van der Waals surface area contributed by atoms with Crippen LogP contribution in [-0.2, 0) is 75.0 Å². The van der Waals surface area contributed by atoms with Crippen LogP contribution in [0, 0.1) is 29.4 Å². The summed E-state index contributed by atoms with van der Waals surface area (Å²) in [6.07, 6.45) is -8.17. The number of para-hydroxylation sites is 1. The number of anilines is 2. The second kappa shape index (κ2) is 46.0. The molecule has 3 aliphatic heterocycles. The van der Waals surface area contributed by atoms with E-state index >= 15 is 0 Å². The number of ether oxygens (including phenoxy) is 8. The summed E-state index contributed by atoms with van der Waals surface area (Å²) in [6, 6.07) is 26.6. The number of primary amides is 1. The minimum absolute atomic E-state index is 0.0145. The Morgan fingerprint density at radius 2 is 1.17 bits per heavy atom. The number of rotatable bonds is 42. The van der Waals surface area contributed by atoms with Crippen molar-refractivity contribution in [3.63, 3.8) is 0 Å². The Bertz CT molecular complexity index is 4680. The van der Waals surface area contributed by atoms with Crippen molar-refractivity contribution in [3.05, 3.63) is 168 Å². The predicted molar refractivity (Wildman–Crippen MR) is 433 cm³/mol. The van der Waals surface area contributed by atoms with Crippen molar-refractivity contribution in [1.29, 1.82) is 0 Å². The van der Waals surface area contributed by atoms with Gasteiger partial charge >= 0.3 is 18.2 Å². The SMILES string of the molecule is CC(C)[C@H](NC(=O)CCOCCOCCOCCOCCNC(=O)CCC(=O)N1Cc2ccccc2C#Cc2ccccc21)C(=O)N[C@@H](CCCNC(N)=O)C(=O)Nc1ccc(COC(=O)N(C)CCN(C)C(=O)OC[C@H]2O[C@@H](S[C@@H]3O[C@H](CO)[C@H](O)[C@H](n4cc(-c5cccc(F)c5)nn4)[C@H]3O)[C@H](O)[C@@H](n3cc(-c4cccc(F)c4)nn3)[C@H]2O)cc1. The number of nitrogens with two attached hydrogens (primary N) is 1. The number of aromatic nitrogens is 6. The minimum Gasteiger partial charge on any atom is -0.447 e. The number of likely N-dealkylation sites (N-methyl/N-ethyl adjacent to an activating group) is 2. The molecule has 2 saturated heterocycles. The third-order valence-corrected chi connectivity index (χ3v) is 21.1. The number of carbonyl (C=O) groups is 8. The Morgan fingerprint density at radius 1 is 0.612 bits per heavy atom. The topological polar surface area (TPSA) is 469 Å². The van der Waals surface area contributed by atoms with Gasteiger partial charge in [0.05, 0.1) is 84.1 Å². The zero-order valence-corrected chi connectivity index (χ0v) is 67.9. The molecule has 12 N–H and O–H groups in total. The van der Waals surface area contributed by atoms with Crippen LogP contribution in [0.15, 0.2) is 134 Å². The number of aliphatic hydroxyl groups excluding tert-OH is 5. The molecule has 10 rings (SSSR count). The van der Waals surface area contributed by atoms with Crippen LogP contribution >= 0.6 is 11.8 Å². The fraction of sp³-hybridized carbons (Fsp3) is 0.463. The molecule has 0 unspecified atom stereocenters. The Balaban J connectivity index is 0.611. The van der Waals surface area contributed by atoms with E-state index in [0.717, 1.165) is 31.0 Å². The van der Waals surface area contributed by atoms with Crippen molar-refractivity contribution < 1.29 is 111 Å². The highest BCUT2D eigenvalue weighted by Gasteiger charge is 2.52. The second-order valence-corrected chi connectivity index (χ2v) is 30.1. The van der Waals surface area contributed by atoms with E-state index in [-0.39, 0.29) is 141 Å². The van der Waals surface area contributed by atoms with E-state index in [1.165, 1.54) is 67.8 Å². The van der Waals surface area contributed by atoms with Crippen molar-refractivity contribution in [3.8, 4) is 34.4 Å². The van der Waals surface area contributed by atoms with Gasteiger partial charge in [-0.15, -0.1) is 10.2 Å². The standard InChI is InChI=1S/C82H101F2N15O21S/c1-50(2)69(90-67(102)29-34-113-36-38-115-40-41-116-39-37-114-35-31-86-66(101)27-28-68(103)97-44-56-14-6-5-12-52(56)23-24-53-13-7-8-20-63(53)97)77(109)89-60(19-11-30-87-80(85)110)76(108)88-59-25-21-51(22-26-59)48-117-81(111)95(3)32-33-96(4)82(112)118-49-65-73(105)71(99-46-62(92-94-99)55-16-10-18-58(84)43-55)75(107)79(120-65)121-78-74(106)70(72(104)64(47-100)119-78)98-45-61(91-93-98)54-15-9-17-57(83)42-54/h5-10,12-18,20-22,25-26,42-43,45-46,50,60,64-65,69-75,78-79,100,104-107H,11,19,27-41,44,47-49H2,1-4H3,(H,86,101)(H,88,108)(H,89,109)(H,90,102)(H3,85,87,110)/t60-,64+,65+,69-,70-,71-,72-,73-,74+,75+,78-,79-/m0/s1. The highest BCUT2D eigenvalue weighted by molar-refractivity contribution is 8.00. The first-order valence-corrected chi connectivity index (χ1v) is 40.3. The smallest absolute Gasteiger partial charge is 0.409 e. The third-order valence-electron chi connectivity index (χ3n) is 19.8. The number of fused-ring (bicyclic) bond motifs is 2. The van der Waals surface area contributed by atoms with E-state index in [1.807, 2.05) is 48.5 Å². The fourth-order valence-corrected chi connectivity index (χ4v) is 14.4. The van der Waals surface area contributed by atoms with Crippen LogP contribution in [-0.4, -0.2) is 279 Å². The number of thioether (sulfide) groups is 1. The first-order valence-electron chi connectivity index (χ1n) is 39.3. The summed E-state index contributed by atoms with van der Waals surface area (Å²) < 4.78 is 76.5. The van der Waals surface area contributed by atoms with Gasteiger partial charge in [0, 0.05) is 87.5 Å². The molecule has 0 radical (unpaired) electrons. The molecule has 7 aromatic rings. The van der Waals surface area contributed by atoms with Crippen molar-refractivity contribution in [2.24, 2.45) is 11.7 Å². The van der Waals surface area contributed by atoms with E-state index < -0.39 is 138 Å². The summed E-state index contributed by atoms with van der Waals surface area (Å²) in [7, 11) is 2.81. The molecule has 0 saturated carbocycles. The minimum atomic E-state index is -1.70. The average Bonchev–Trinajstić information content (AvgIpc) is 1.75. The number of urea groups is 1. The molecule has 9 amide bonds. The van der Waals surface area contributed by atoms with E-state index in [4.69, 9.17) is 43.6 Å². The van der Waals surface area contributed by atoms with Gasteiger partial charge in [-0.05, 0) is 84.5 Å². The predicted octanol–water partition coefficient (Wildman–Crippen LogP) is 3.53. The average molecular weight is 1700 g/mol. The zero-order valence-electron chi connectivity index (χ0n) is 67.1. The Morgan fingerprint density at radius 3 is 1.76 bits per heavy atom. The van der Waals surface area contributed by atoms with Gasteiger partial charge in [-0.3, -0.25) is 24.0 Å². The van der Waals surface area contributed by atoms with Gasteiger partial charge in [-0.25, -0.2) is 32.5 Å². The molecule has 39 heteroatoms. The van der Waals surface area contributed by atoms with Crippen molar-refractivity contribution in [2.75, 3.05) is 117 Å².